The van der Waals surface area contributed by atoms with Gasteiger partial charge in [-0.25, -0.2) is 0 Å². The summed E-state index contributed by atoms with van der Waals surface area (Å²) in [6, 6.07) is 0. The largest absolute Gasteiger partial charge is 0.481 e. The summed E-state index contributed by atoms with van der Waals surface area (Å²) >= 11 is 0. The van der Waals surface area contributed by atoms with Gasteiger partial charge in [0.1, 0.15) is 11.6 Å². The molecule has 0 aromatic carbocycles. The molecule has 10 nitrogen and oxygen atoms in total. The van der Waals surface area contributed by atoms with Crippen LogP contribution in [0, 0.1) is 17.8 Å². The summed E-state index contributed by atoms with van der Waals surface area (Å²) in [5.41, 5.74) is 0. The maximum Gasteiger partial charge on any atom is 0.307 e. The van der Waals surface area contributed by atoms with Crippen molar-refractivity contribution in [3.63, 3.8) is 0 Å². The Hall–Kier alpha value is -1.88. The van der Waals surface area contributed by atoms with Crippen LogP contribution in [0.3, 0.4) is 0 Å². The average Bonchev–Trinajstić information content (AvgIpc) is 2.79. The number of Topliss-reactive ketones (excluding diaryl/α,β-unsaturated/α-hetero) is 2. The van der Waals surface area contributed by atoms with Crippen molar-refractivity contribution in [3.05, 3.63) is 0 Å². The number of carboxylic acids is 1. The van der Waals surface area contributed by atoms with Gasteiger partial charge in [-0.1, -0.05) is 27.7 Å². The van der Waals surface area contributed by atoms with E-state index in [1.165, 1.54) is 0 Å². The molecule has 0 saturated heterocycles. The topological polar surface area (TPSA) is 137 Å². The van der Waals surface area contributed by atoms with Crippen molar-refractivity contribution in [2.45, 2.75) is 59.8 Å². The summed E-state index contributed by atoms with van der Waals surface area (Å²) in [5, 5.41) is 11.7. The Labute approximate surface area is 209 Å². The lowest BCUT2D eigenvalue weighted by atomic mass is 9.92. The number of aliphatic carboxylic acids is 1. The Kier molecular flexibility index (Phi) is 20.3. The molecule has 35 heavy (non-hydrogen) atoms. The molecule has 1 unspecified atom stereocenters. The molecule has 0 aromatic rings. The number of amides is 1. The van der Waals surface area contributed by atoms with Gasteiger partial charge in [0.05, 0.1) is 52.2 Å². The standard InChI is InChI=1S/C25H45NO9/c1-19(2)22(25(30)31)18-24(29)26-9-7-21(27)6-5-10-32-12-14-34-16-17-35-15-13-33-11-8-23(28)20(3)4/h19-20,22H,5-18H2,1-4H3,(H,26,29)(H,30,31). The van der Waals surface area contributed by atoms with Gasteiger partial charge in [-0.15, -0.1) is 0 Å². The number of carbonyl (C=O) groups is 4. The second kappa shape index (κ2) is 21.4. The summed E-state index contributed by atoms with van der Waals surface area (Å²) in [6.45, 7) is 11.0. The average molecular weight is 504 g/mol. The lowest BCUT2D eigenvalue weighted by molar-refractivity contribution is -0.145. The summed E-state index contributed by atoms with van der Waals surface area (Å²) in [5.74, 6) is -1.93. The minimum Gasteiger partial charge on any atom is -0.481 e. The van der Waals surface area contributed by atoms with Crippen LogP contribution in [0.25, 0.3) is 0 Å². The van der Waals surface area contributed by atoms with Gasteiger partial charge in [0.15, 0.2) is 0 Å². The Bertz CT molecular complexity index is 608. The minimum absolute atomic E-state index is 0.0245. The van der Waals surface area contributed by atoms with Gasteiger partial charge in [0.2, 0.25) is 5.91 Å². The summed E-state index contributed by atoms with van der Waals surface area (Å²) in [6.07, 6.45) is 1.52. The molecule has 0 spiro atoms. The third-order valence-electron chi connectivity index (χ3n) is 5.25. The molecule has 0 bridgehead atoms. The molecular formula is C25H45NO9. The van der Waals surface area contributed by atoms with Crippen LogP contribution in [0.1, 0.15) is 59.8 Å². The highest BCUT2D eigenvalue weighted by atomic mass is 16.6. The van der Waals surface area contributed by atoms with Gasteiger partial charge < -0.3 is 29.4 Å². The molecule has 0 fully saturated rings. The maximum absolute atomic E-state index is 11.9. The first kappa shape index (κ1) is 33.1. The highest BCUT2D eigenvalue weighted by Gasteiger charge is 2.24. The fourth-order valence-corrected chi connectivity index (χ4v) is 2.94. The fraction of sp³-hybridized carbons (Fsp3) is 0.840. The Morgan fingerprint density at radius 2 is 1.23 bits per heavy atom. The quantitative estimate of drug-likeness (QED) is 0.190. The van der Waals surface area contributed by atoms with Crippen LogP contribution in [0.5, 0.6) is 0 Å². The zero-order valence-corrected chi connectivity index (χ0v) is 21.8. The summed E-state index contributed by atoms with van der Waals surface area (Å²) in [4.78, 5) is 46.3. The van der Waals surface area contributed by atoms with Crippen molar-refractivity contribution in [2.75, 3.05) is 59.4 Å². The highest BCUT2D eigenvalue weighted by Crippen LogP contribution is 2.15. The van der Waals surface area contributed by atoms with Gasteiger partial charge in [0.25, 0.3) is 0 Å². The summed E-state index contributed by atoms with van der Waals surface area (Å²) < 4.78 is 21.6. The van der Waals surface area contributed by atoms with Gasteiger partial charge in [-0.05, 0) is 12.3 Å². The molecule has 0 aliphatic heterocycles. The van der Waals surface area contributed by atoms with Gasteiger partial charge in [-0.2, -0.15) is 0 Å². The second-order valence-corrected chi connectivity index (χ2v) is 8.96. The van der Waals surface area contributed by atoms with E-state index in [0.717, 1.165) is 0 Å². The fourth-order valence-electron chi connectivity index (χ4n) is 2.94. The minimum atomic E-state index is -0.987. The van der Waals surface area contributed by atoms with E-state index in [2.05, 4.69) is 5.32 Å². The number of ether oxygens (including phenoxy) is 4. The number of rotatable bonds is 24. The van der Waals surface area contributed by atoms with Crippen LogP contribution in [0.4, 0.5) is 0 Å². The van der Waals surface area contributed by atoms with E-state index in [9.17, 15) is 19.2 Å². The molecule has 0 aliphatic rings. The molecule has 0 aliphatic carbocycles. The highest BCUT2D eigenvalue weighted by molar-refractivity contribution is 5.83. The van der Waals surface area contributed by atoms with E-state index < -0.39 is 11.9 Å². The Morgan fingerprint density at radius 3 is 1.71 bits per heavy atom. The normalized spacial score (nSPS) is 12.2. The van der Waals surface area contributed by atoms with Crippen LogP contribution in [0.15, 0.2) is 0 Å². The van der Waals surface area contributed by atoms with Crippen LogP contribution >= 0.6 is 0 Å². The van der Waals surface area contributed by atoms with Crippen molar-refractivity contribution in [1.29, 1.82) is 0 Å². The van der Waals surface area contributed by atoms with Crippen molar-refractivity contribution >= 4 is 23.4 Å². The molecule has 0 radical (unpaired) electrons. The third kappa shape index (κ3) is 20.1. The molecular weight excluding hydrogens is 458 g/mol. The van der Waals surface area contributed by atoms with E-state index in [1.807, 2.05) is 13.8 Å². The van der Waals surface area contributed by atoms with E-state index >= 15 is 0 Å². The Morgan fingerprint density at radius 1 is 0.714 bits per heavy atom. The molecule has 1 atom stereocenters. The Balaban J connectivity index is 3.45. The maximum atomic E-state index is 11.9. The summed E-state index contributed by atoms with van der Waals surface area (Å²) in [7, 11) is 0. The van der Waals surface area contributed by atoms with Crippen LogP contribution < -0.4 is 5.32 Å². The van der Waals surface area contributed by atoms with Crippen LogP contribution in [0.2, 0.25) is 0 Å². The second-order valence-electron chi connectivity index (χ2n) is 8.96. The lowest BCUT2D eigenvalue weighted by Crippen LogP contribution is -2.31. The zero-order valence-electron chi connectivity index (χ0n) is 21.8. The first-order valence-corrected chi connectivity index (χ1v) is 12.5. The lowest BCUT2D eigenvalue weighted by Gasteiger charge is -2.15. The predicted octanol–water partition coefficient (Wildman–Crippen LogP) is 2.27. The monoisotopic (exact) mass is 503 g/mol. The number of ketones is 2. The van der Waals surface area contributed by atoms with Crippen molar-refractivity contribution in [1.82, 2.24) is 5.32 Å². The number of hydrogen-bond acceptors (Lipinski definition) is 8. The van der Waals surface area contributed by atoms with Gasteiger partial charge >= 0.3 is 5.97 Å². The van der Waals surface area contributed by atoms with E-state index in [0.29, 0.717) is 72.1 Å². The molecule has 0 saturated carbocycles. The van der Waals surface area contributed by atoms with Crippen molar-refractivity contribution in [2.24, 2.45) is 17.8 Å². The molecule has 2 N–H and O–H groups in total. The van der Waals surface area contributed by atoms with Crippen molar-refractivity contribution in [3.8, 4) is 0 Å². The van der Waals surface area contributed by atoms with E-state index in [-0.39, 0.29) is 48.7 Å². The molecule has 0 heterocycles. The third-order valence-corrected chi connectivity index (χ3v) is 5.25. The first-order chi connectivity index (χ1) is 16.6. The molecule has 0 aromatic heterocycles. The first-order valence-electron chi connectivity index (χ1n) is 12.5. The predicted molar refractivity (Wildman–Crippen MR) is 130 cm³/mol. The van der Waals surface area contributed by atoms with Crippen LogP contribution in [-0.2, 0) is 38.1 Å². The number of nitrogens with one attached hydrogen (secondary N) is 1. The molecule has 204 valence electrons. The van der Waals surface area contributed by atoms with E-state index in [4.69, 9.17) is 24.1 Å². The van der Waals surface area contributed by atoms with Crippen molar-refractivity contribution < 1.29 is 43.2 Å². The number of carbonyl (C=O) groups excluding carboxylic acids is 3. The van der Waals surface area contributed by atoms with Crippen LogP contribution in [-0.4, -0.2) is 87.9 Å². The zero-order chi connectivity index (χ0) is 26.5. The van der Waals surface area contributed by atoms with Gasteiger partial charge in [0, 0.05) is 44.8 Å². The number of hydrogen-bond donors (Lipinski definition) is 2. The molecule has 0 rings (SSSR count). The molecule has 1 amide bonds. The smallest absolute Gasteiger partial charge is 0.307 e. The number of carboxylic acid groups (broad SMARTS) is 1. The van der Waals surface area contributed by atoms with Gasteiger partial charge in [-0.3, -0.25) is 19.2 Å². The molecule has 10 heteroatoms. The van der Waals surface area contributed by atoms with E-state index in [1.54, 1.807) is 13.8 Å². The SMILES string of the molecule is CC(C)C(=O)CCOCCOCCOCCOCCCC(=O)CCNC(=O)CC(C(=O)O)C(C)C.